The fourth-order valence-electron chi connectivity index (χ4n) is 3.00. The van der Waals surface area contributed by atoms with Gasteiger partial charge in [-0.05, 0) is 44.2 Å². The second-order valence-corrected chi connectivity index (χ2v) is 7.07. The normalized spacial score (nSPS) is 14.4. The highest BCUT2D eigenvalue weighted by atomic mass is 35.5. The van der Waals surface area contributed by atoms with Crippen LogP contribution in [0.4, 0.5) is 20.6 Å². The lowest BCUT2D eigenvalue weighted by molar-refractivity contribution is 0.207. The number of carbonyl (C=O) groups excluding carboxylic acids is 1. The number of rotatable bonds is 4. The molecule has 5 nitrogen and oxygen atoms in total. The van der Waals surface area contributed by atoms with Crippen LogP contribution in [0.25, 0.3) is 0 Å². The van der Waals surface area contributed by atoms with Crippen molar-refractivity contribution in [3.8, 4) is 5.75 Å². The molecule has 2 aromatic carbocycles. The fourth-order valence-corrected chi connectivity index (χ4v) is 3.18. The van der Waals surface area contributed by atoms with Crippen molar-refractivity contribution in [3.63, 3.8) is 0 Å². The minimum absolute atomic E-state index is 0.0145. The van der Waals surface area contributed by atoms with Crippen molar-refractivity contribution >= 4 is 29.0 Å². The van der Waals surface area contributed by atoms with Crippen molar-refractivity contribution < 1.29 is 13.9 Å². The van der Waals surface area contributed by atoms with Gasteiger partial charge in [-0.1, -0.05) is 23.7 Å². The van der Waals surface area contributed by atoms with Gasteiger partial charge in [-0.2, -0.15) is 0 Å². The molecule has 0 atom stereocenters. The second kappa shape index (κ2) is 8.48. The van der Waals surface area contributed by atoms with Crippen LogP contribution < -0.4 is 15.0 Å². The van der Waals surface area contributed by atoms with E-state index in [1.165, 1.54) is 18.2 Å². The Kier molecular flexibility index (Phi) is 6.06. The number of para-hydroxylation sites is 2. The lowest BCUT2D eigenvalue weighted by atomic mass is 10.2. The minimum atomic E-state index is -0.509. The standard InChI is InChI=1S/C20H23ClFN3O2/c1-14(2)27-19-6-4-3-5-18(19)24-9-11-25(12-10-24)20(26)23-15-7-8-17(22)16(21)13-15/h3-8,13-14H,9-12H2,1-2H3,(H,23,26). The van der Waals surface area contributed by atoms with Crippen LogP contribution in [-0.4, -0.2) is 43.2 Å². The topological polar surface area (TPSA) is 44.8 Å². The number of hydrogen-bond donors (Lipinski definition) is 1. The molecular weight excluding hydrogens is 369 g/mol. The quantitative estimate of drug-likeness (QED) is 0.827. The first-order chi connectivity index (χ1) is 12.9. The summed E-state index contributed by atoms with van der Waals surface area (Å²) in [5.74, 6) is 0.344. The number of urea groups is 1. The van der Waals surface area contributed by atoms with Crippen LogP contribution in [0.15, 0.2) is 42.5 Å². The molecule has 0 aliphatic carbocycles. The molecule has 1 aliphatic heterocycles. The van der Waals surface area contributed by atoms with E-state index in [4.69, 9.17) is 16.3 Å². The lowest BCUT2D eigenvalue weighted by Crippen LogP contribution is -2.50. The first-order valence-electron chi connectivity index (χ1n) is 8.95. The maximum Gasteiger partial charge on any atom is 0.321 e. The first kappa shape index (κ1) is 19.3. The Labute approximate surface area is 163 Å². The molecule has 1 aliphatic rings. The molecule has 7 heteroatoms. The zero-order valence-corrected chi connectivity index (χ0v) is 16.2. The third-order valence-corrected chi connectivity index (χ3v) is 4.60. The van der Waals surface area contributed by atoms with Crippen LogP contribution in [0.1, 0.15) is 13.8 Å². The van der Waals surface area contributed by atoms with Crippen LogP contribution >= 0.6 is 11.6 Å². The van der Waals surface area contributed by atoms with Crippen LogP contribution in [0.5, 0.6) is 5.75 Å². The van der Waals surface area contributed by atoms with Crippen molar-refractivity contribution in [1.82, 2.24) is 4.90 Å². The molecular formula is C20H23ClFN3O2. The van der Waals surface area contributed by atoms with Gasteiger partial charge in [0.1, 0.15) is 11.6 Å². The van der Waals surface area contributed by atoms with E-state index in [0.29, 0.717) is 31.9 Å². The van der Waals surface area contributed by atoms with E-state index in [-0.39, 0.29) is 17.2 Å². The molecule has 0 aromatic heterocycles. The third-order valence-electron chi connectivity index (χ3n) is 4.31. The number of carbonyl (C=O) groups is 1. The molecule has 1 saturated heterocycles. The molecule has 0 unspecified atom stereocenters. The van der Waals surface area contributed by atoms with Gasteiger partial charge in [0.05, 0.1) is 16.8 Å². The summed E-state index contributed by atoms with van der Waals surface area (Å²) in [6.45, 7) is 6.57. The number of nitrogens with one attached hydrogen (secondary N) is 1. The van der Waals surface area contributed by atoms with Gasteiger partial charge in [0, 0.05) is 31.9 Å². The average molecular weight is 392 g/mol. The lowest BCUT2D eigenvalue weighted by Gasteiger charge is -2.36. The van der Waals surface area contributed by atoms with Gasteiger partial charge >= 0.3 is 6.03 Å². The van der Waals surface area contributed by atoms with Crippen LogP contribution in [0.3, 0.4) is 0 Å². The molecule has 0 radical (unpaired) electrons. The van der Waals surface area contributed by atoms with E-state index in [1.54, 1.807) is 4.90 Å². The molecule has 27 heavy (non-hydrogen) atoms. The van der Waals surface area contributed by atoms with Gasteiger partial charge in [-0.15, -0.1) is 0 Å². The number of anilines is 2. The Bertz CT molecular complexity index is 808. The van der Waals surface area contributed by atoms with Gasteiger partial charge < -0.3 is 19.9 Å². The van der Waals surface area contributed by atoms with Crippen LogP contribution in [0.2, 0.25) is 5.02 Å². The number of hydrogen-bond acceptors (Lipinski definition) is 3. The molecule has 1 heterocycles. The molecule has 0 bridgehead atoms. The maximum atomic E-state index is 13.2. The maximum absolute atomic E-state index is 13.2. The van der Waals surface area contributed by atoms with Crippen molar-refractivity contribution in [2.24, 2.45) is 0 Å². The van der Waals surface area contributed by atoms with E-state index < -0.39 is 5.82 Å². The van der Waals surface area contributed by atoms with Crippen molar-refractivity contribution in [2.45, 2.75) is 20.0 Å². The first-order valence-corrected chi connectivity index (χ1v) is 9.33. The van der Waals surface area contributed by atoms with Gasteiger partial charge in [-0.25, -0.2) is 9.18 Å². The van der Waals surface area contributed by atoms with Gasteiger partial charge in [0.15, 0.2) is 0 Å². The average Bonchev–Trinajstić information content (AvgIpc) is 2.65. The molecule has 144 valence electrons. The predicted molar refractivity (Wildman–Crippen MR) is 106 cm³/mol. The van der Waals surface area contributed by atoms with Crippen molar-refractivity contribution in [2.75, 3.05) is 36.4 Å². The van der Waals surface area contributed by atoms with E-state index >= 15 is 0 Å². The van der Waals surface area contributed by atoms with Gasteiger partial charge in [-0.3, -0.25) is 0 Å². The Morgan fingerprint density at radius 2 is 1.85 bits per heavy atom. The number of piperazine rings is 1. The highest BCUT2D eigenvalue weighted by Gasteiger charge is 2.23. The summed E-state index contributed by atoms with van der Waals surface area (Å²) in [5.41, 5.74) is 1.51. The van der Waals surface area contributed by atoms with Crippen LogP contribution in [0, 0.1) is 5.82 Å². The molecule has 2 amide bonds. The second-order valence-electron chi connectivity index (χ2n) is 6.67. The number of ether oxygens (including phenoxy) is 1. The van der Waals surface area contributed by atoms with E-state index in [2.05, 4.69) is 10.2 Å². The molecule has 0 saturated carbocycles. The summed E-state index contributed by atoms with van der Waals surface area (Å²) in [4.78, 5) is 16.4. The van der Waals surface area contributed by atoms with E-state index in [9.17, 15) is 9.18 Å². The predicted octanol–water partition coefficient (Wildman–Crippen LogP) is 4.62. The molecule has 3 rings (SSSR count). The molecule has 2 aromatic rings. The number of halogens is 2. The smallest absolute Gasteiger partial charge is 0.321 e. The Morgan fingerprint density at radius 3 is 2.52 bits per heavy atom. The molecule has 1 N–H and O–H groups in total. The summed E-state index contributed by atoms with van der Waals surface area (Å²) >= 11 is 5.76. The summed E-state index contributed by atoms with van der Waals surface area (Å²) < 4.78 is 19.1. The molecule has 0 spiro atoms. The summed E-state index contributed by atoms with van der Waals surface area (Å²) in [6, 6.07) is 11.9. The third kappa shape index (κ3) is 4.83. The number of amides is 2. The fraction of sp³-hybridized carbons (Fsp3) is 0.350. The van der Waals surface area contributed by atoms with E-state index in [0.717, 1.165) is 11.4 Å². The summed E-state index contributed by atoms with van der Waals surface area (Å²) in [6.07, 6.45) is 0.0979. The summed E-state index contributed by atoms with van der Waals surface area (Å²) in [7, 11) is 0. The SMILES string of the molecule is CC(C)Oc1ccccc1N1CCN(C(=O)Nc2ccc(F)c(Cl)c2)CC1. The van der Waals surface area contributed by atoms with Gasteiger partial charge in [0.25, 0.3) is 0 Å². The largest absolute Gasteiger partial charge is 0.489 e. The zero-order valence-electron chi connectivity index (χ0n) is 15.4. The zero-order chi connectivity index (χ0) is 19.4. The summed E-state index contributed by atoms with van der Waals surface area (Å²) in [5, 5.41) is 2.75. The van der Waals surface area contributed by atoms with Crippen molar-refractivity contribution in [1.29, 1.82) is 0 Å². The Balaban J connectivity index is 1.60. The van der Waals surface area contributed by atoms with Crippen molar-refractivity contribution in [3.05, 3.63) is 53.3 Å². The molecule has 1 fully saturated rings. The highest BCUT2D eigenvalue weighted by Crippen LogP contribution is 2.29. The monoisotopic (exact) mass is 391 g/mol. The Hall–Kier alpha value is -2.47. The minimum Gasteiger partial charge on any atom is -0.489 e. The Morgan fingerprint density at radius 1 is 1.15 bits per heavy atom. The van der Waals surface area contributed by atoms with Crippen LogP contribution in [-0.2, 0) is 0 Å². The number of benzene rings is 2. The highest BCUT2D eigenvalue weighted by molar-refractivity contribution is 6.31. The van der Waals surface area contributed by atoms with Gasteiger partial charge in [0.2, 0.25) is 0 Å². The van der Waals surface area contributed by atoms with E-state index in [1.807, 2.05) is 38.1 Å². The number of nitrogens with zero attached hydrogens (tertiary/aromatic N) is 2.